The van der Waals surface area contributed by atoms with Crippen molar-refractivity contribution in [1.29, 1.82) is 0 Å². The maximum absolute atomic E-state index is 13.1. The molecule has 1 atom stereocenters. The summed E-state index contributed by atoms with van der Waals surface area (Å²) in [5.74, 6) is 0.817. The SMILES string of the molecule is COc1ccccc1-c1cnn2c(C)c(C(=O)N3CCCCC3C)cnc12. The Bertz CT molecular complexity index is 995. The van der Waals surface area contributed by atoms with Crippen LogP contribution in [0.4, 0.5) is 0 Å². The number of nitrogens with zero attached hydrogens (tertiary/aromatic N) is 4. The van der Waals surface area contributed by atoms with Gasteiger partial charge in [-0.15, -0.1) is 0 Å². The van der Waals surface area contributed by atoms with E-state index in [4.69, 9.17) is 4.74 Å². The van der Waals surface area contributed by atoms with Crippen molar-refractivity contribution in [2.24, 2.45) is 0 Å². The van der Waals surface area contributed by atoms with Crippen LogP contribution in [0.15, 0.2) is 36.7 Å². The van der Waals surface area contributed by atoms with E-state index in [1.807, 2.05) is 36.1 Å². The number of piperidine rings is 1. The number of carbonyl (C=O) groups is 1. The van der Waals surface area contributed by atoms with E-state index in [1.54, 1.807) is 24.0 Å². The molecule has 1 aromatic carbocycles. The van der Waals surface area contributed by atoms with E-state index >= 15 is 0 Å². The fourth-order valence-electron chi connectivity index (χ4n) is 3.87. The van der Waals surface area contributed by atoms with Crippen molar-refractivity contribution >= 4 is 11.6 Å². The molecule has 1 amide bonds. The number of fused-ring (bicyclic) bond motifs is 1. The van der Waals surface area contributed by atoms with Gasteiger partial charge in [-0.1, -0.05) is 18.2 Å². The van der Waals surface area contributed by atoms with Crippen molar-refractivity contribution in [2.75, 3.05) is 13.7 Å². The summed E-state index contributed by atoms with van der Waals surface area (Å²) in [6.07, 6.45) is 6.77. The summed E-state index contributed by atoms with van der Waals surface area (Å²) in [5, 5.41) is 4.51. The van der Waals surface area contributed by atoms with Gasteiger partial charge in [0.25, 0.3) is 5.91 Å². The number of rotatable bonds is 3. The van der Waals surface area contributed by atoms with Crippen LogP contribution >= 0.6 is 0 Å². The van der Waals surface area contributed by atoms with Gasteiger partial charge in [-0.25, -0.2) is 9.50 Å². The molecule has 0 bridgehead atoms. The van der Waals surface area contributed by atoms with Crippen molar-refractivity contribution in [2.45, 2.75) is 39.2 Å². The first kappa shape index (κ1) is 17.5. The van der Waals surface area contributed by atoms with Gasteiger partial charge in [0.15, 0.2) is 5.65 Å². The van der Waals surface area contributed by atoms with Gasteiger partial charge in [0.2, 0.25) is 0 Å². The molecule has 27 heavy (non-hydrogen) atoms. The molecule has 1 unspecified atom stereocenters. The molecule has 6 nitrogen and oxygen atoms in total. The van der Waals surface area contributed by atoms with Gasteiger partial charge in [-0.3, -0.25) is 4.79 Å². The highest BCUT2D eigenvalue weighted by molar-refractivity contribution is 5.96. The summed E-state index contributed by atoms with van der Waals surface area (Å²) < 4.78 is 7.23. The summed E-state index contributed by atoms with van der Waals surface area (Å²) in [5.41, 5.74) is 3.97. The number of likely N-dealkylation sites (tertiary alicyclic amines) is 1. The summed E-state index contributed by atoms with van der Waals surface area (Å²) in [6.45, 7) is 4.85. The molecule has 3 heterocycles. The topological polar surface area (TPSA) is 59.7 Å². The monoisotopic (exact) mass is 364 g/mol. The zero-order valence-corrected chi connectivity index (χ0v) is 16.0. The summed E-state index contributed by atoms with van der Waals surface area (Å²) in [6, 6.07) is 8.07. The first-order valence-electron chi connectivity index (χ1n) is 9.39. The molecule has 1 aliphatic rings. The molecular formula is C21H24N4O2. The number of ether oxygens (including phenoxy) is 1. The lowest BCUT2D eigenvalue weighted by Crippen LogP contribution is -2.42. The van der Waals surface area contributed by atoms with Crippen LogP contribution in [0.5, 0.6) is 5.75 Å². The molecule has 3 aromatic rings. The largest absolute Gasteiger partial charge is 0.496 e. The summed E-state index contributed by atoms with van der Waals surface area (Å²) >= 11 is 0. The van der Waals surface area contributed by atoms with Crippen molar-refractivity contribution in [3.63, 3.8) is 0 Å². The third kappa shape index (κ3) is 2.95. The highest BCUT2D eigenvalue weighted by Gasteiger charge is 2.27. The Morgan fingerprint density at radius 2 is 2.00 bits per heavy atom. The van der Waals surface area contributed by atoms with Crippen LogP contribution in [-0.4, -0.2) is 45.1 Å². The van der Waals surface area contributed by atoms with Gasteiger partial charge < -0.3 is 9.64 Å². The van der Waals surface area contributed by atoms with Gasteiger partial charge in [-0.2, -0.15) is 5.10 Å². The van der Waals surface area contributed by atoms with Crippen LogP contribution in [0.1, 0.15) is 42.2 Å². The van der Waals surface area contributed by atoms with E-state index in [2.05, 4.69) is 17.0 Å². The van der Waals surface area contributed by atoms with E-state index < -0.39 is 0 Å². The van der Waals surface area contributed by atoms with Gasteiger partial charge in [0.1, 0.15) is 5.75 Å². The Kier molecular flexibility index (Phi) is 4.56. The number of aromatic nitrogens is 3. The lowest BCUT2D eigenvalue weighted by atomic mass is 10.0. The molecule has 2 aromatic heterocycles. The molecule has 0 aliphatic carbocycles. The lowest BCUT2D eigenvalue weighted by Gasteiger charge is -2.33. The van der Waals surface area contributed by atoms with Gasteiger partial charge in [-0.05, 0) is 39.2 Å². The molecule has 0 radical (unpaired) electrons. The van der Waals surface area contributed by atoms with Crippen LogP contribution in [0.25, 0.3) is 16.8 Å². The molecular weight excluding hydrogens is 340 g/mol. The Labute approximate surface area is 158 Å². The van der Waals surface area contributed by atoms with Crippen LogP contribution in [-0.2, 0) is 0 Å². The zero-order valence-electron chi connectivity index (χ0n) is 16.0. The third-order valence-corrected chi connectivity index (χ3v) is 5.46. The van der Waals surface area contributed by atoms with E-state index in [9.17, 15) is 4.79 Å². The van der Waals surface area contributed by atoms with E-state index in [-0.39, 0.29) is 11.9 Å². The van der Waals surface area contributed by atoms with Crippen molar-refractivity contribution in [3.05, 3.63) is 47.9 Å². The quantitative estimate of drug-likeness (QED) is 0.710. The van der Waals surface area contributed by atoms with Crippen LogP contribution in [0, 0.1) is 6.92 Å². The highest BCUT2D eigenvalue weighted by Crippen LogP contribution is 2.32. The molecule has 1 fully saturated rings. The number of amides is 1. The highest BCUT2D eigenvalue weighted by atomic mass is 16.5. The van der Waals surface area contributed by atoms with Crippen molar-refractivity contribution in [3.8, 4) is 16.9 Å². The van der Waals surface area contributed by atoms with Gasteiger partial charge in [0, 0.05) is 24.3 Å². The summed E-state index contributed by atoms with van der Waals surface area (Å²) in [7, 11) is 1.65. The second-order valence-corrected chi connectivity index (χ2v) is 7.09. The Hall–Kier alpha value is -2.89. The Morgan fingerprint density at radius 3 is 2.78 bits per heavy atom. The molecule has 140 valence electrons. The molecule has 0 saturated carbocycles. The number of benzene rings is 1. The second-order valence-electron chi connectivity index (χ2n) is 7.09. The maximum atomic E-state index is 13.1. The van der Waals surface area contributed by atoms with Crippen LogP contribution < -0.4 is 4.74 Å². The minimum Gasteiger partial charge on any atom is -0.496 e. The van der Waals surface area contributed by atoms with Crippen LogP contribution in [0.3, 0.4) is 0 Å². The maximum Gasteiger partial charge on any atom is 0.257 e. The fraction of sp³-hybridized carbons (Fsp3) is 0.381. The predicted octanol–water partition coefficient (Wildman–Crippen LogP) is 3.73. The number of hydrogen-bond donors (Lipinski definition) is 0. The van der Waals surface area contributed by atoms with Gasteiger partial charge in [0.05, 0.1) is 30.1 Å². The molecule has 1 aliphatic heterocycles. The zero-order chi connectivity index (χ0) is 19.0. The minimum absolute atomic E-state index is 0.0449. The Balaban J connectivity index is 1.77. The standard InChI is InChI=1S/C21H24N4O2/c1-14-8-6-7-11-24(14)21(26)17-12-22-20-18(13-23-25(20)15(17)2)16-9-4-5-10-19(16)27-3/h4-5,9-10,12-14H,6-8,11H2,1-3H3. The number of carbonyl (C=O) groups excluding carboxylic acids is 1. The third-order valence-electron chi connectivity index (χ3n) is 5.46. The lowest BCUT2D eigenvalue weighted by molar-refractivity contribution is 0.0633. The molecule has 4 rings (SSSR count). The summed E-state index contributed by atoms with van der Waals surface area (Å²) in [4.78, 5) is 19.6. The second kappa shape index (κ2) is 7.02. The first-order valence-corrected chi connectivity index (χ1v) is 9.39. The number of methoxy groups -OCH3 is 1. The van der Waals surface area contributed by atoms with Crippen molar-refractivity contribution < 1.29 is 9.53 Å². The Morgan fingerprint density at radius 1 is 1.19 bits per heavy atom. The number of aryl methyl sites for hydroxylation is 1. The molecule has 0 spiro atoms. The number of para-hydroxylation sites is 1. The average molecular weight is 364 g/mol. The number of hydrogen-bond acceptors (Lipinski definition) is 4. The van der Waals surface area contributed by atoms with E-state index in [0.29, 0.717) is 5.56 Å². The van der Waals surface area contributed by atoms with E-state index in [1.165, 1.54) is 6.42 Å². The van der Waals surface area contributed by atoms with Crippen LogP contribution in [0.2, 0.25) is 0 Å². The smallest absolute Gasteiger partial charge is 0.257 e. The molecule has 0 N–H and O–H groups in total. The van der Waals surface area contributed by atoms with Crippen molar-refractivity contribution in [1.82, 2.24) is 19.5 Å². The first-order chi connectivity index (χ1) is 13.1. The predicted molar refractivity (Wildman–Crippen MR) is 104 cm³/mol. The minimum atomic E-state index is 0.0449. The molecule has 6 heteroatoms. The molecule has 1 saturated heterocycles. The van der Waals surface area contributed by atoms with Gasteiger partial charge >= 0.3 is 0 Å². The normalized spacial score (nSPS) is 17.3. The van der Waals surface area contributed by atoms with E-state index in [0.717, 1.165) is 47.6 Å². The average Bonchev–Trinajstić information content (AvgIpc) is 3.13. The fourth-order valence-corrected chi connectivity index (χ4v) is 3.87.